The third-order valence-corrected chi connectivity index (χ3v) is 6.55. The van der Waals surface area contributed by atoms with Crippen molar-refractivity contribution < 1.29 is 38.4 Å². The molecule has 0 saturated carbocycles. The van der Waals surface area contributed by atoms with Crippen LogP contribution in [-0.4, -0.2) is 64.6 Å². The number of aromatic nitrogens is 2. The number of carbonyl (C=O) groups excluding carboxylic acids is 3. The van der Waals surface area contributed by atoms with Gasteiger partial charge in [0.15, 0.2) is 18.4 Å². The molecule has 12 nitrogen and oxygen atoms in total. The largest absolute Gasteiger partial charge is 0.459 e. The van der Waals surface area contributed by atoms with E-state index in [0.29, 0.717) is 0 Å². The minimum atomic E-state index is -1.79. The van der Waals surface area contributed by atoms with Crippen LogP contribution < -0.4 is 11.2 Å². The van der Waals surface area contributed by atoms with E-state index in [9.17, 15) is 29.1 Å². The van der Waals surface area contributed by atoms with E-state index >= 15 is 0 Å². The van der Waals surface area contributed by atoms with Crippen molar-refractivity contribution in [3.63, 3.8) is 0 Å². The molecule has 1 heterocycles. The molecule has 4 rings (SSSR count). The summed E-state index contributed by atoms with van der Waals surface area (Å²) in [4.78, 5) is 66.4. The molecular formula is C32H30N2O10. The number of esters is 3. The monoisotopic (exact) mass is 602 g/mol. The molecule has 1 aromatic heterocycles. The molecule has 0 spiro atoms. The van der Waals surface area contributed by atoms with E-state index in [1.54, 1.807) is 54.6 Å². The number of carbonyl (C=O) groups is 3. The van der Waals surface area contributed by atoms with Crippen LogP contribution in [0.1, 0.15) is 42.9 Å². The second-order valence-electron chi connectivity index (χ2n) is 9.61. The lowest BCUT2D eigenvalue weighted by Crippen LogP contribution is -2.52. The van der Waals surface area contributed by atoms with Crippen molar-refractivity contribution in [3.8, 4) is 0 Å². The number of aliphatic hydroxyl groups excluding tert-OH is 1. The van der Waals surface area contributed by atoms with Gasteiger partial charge >= 0.3 is 23.6 Å². The lowest BCUT2D eigenvalue weighted by atomic mass is 10.1. The highest BCUT2D eigenvalue weighted by atomic mass is 16.6. The number of ether oxygens (including phenoxy) is 4. The molecule has 0 amide bonds. The Labute approximate surface area is 251 Å². The Kier molecular flexibility index (Phi) is 10.6. The molecule has 0 fully saturated rings. The summed E-state index contributed by atoms with van der Waals surface area (Å²) in [6.07, 6.45) is -5.63. The van der Waals surface area contributed by atoms with Crippen molar-refractivity contribution in [2.75, 3.05) is 13.7 Å². The highest BCUT2D eigenvalue weighted by Gasteiger charge is 2.43. The lowest BCUT2D eigenvalue weighted by molar-refractivity contribution is -0.153. The summed E-state index contributed by atoms with van der Waals surface area (Å²) in [6, 6.07) is 23.6. The van der Waals surface area contributed by atoms with Crippen LogP contribution in [0.5, 0.6) is 0 Å². The Balaban J connectivity index is 1.76. The first-order valence-corrected chi connectivity index (χ1v) is 13.5. The summed E-state index contributed by atoms with van der Waals surface area (Å²) in [5, 5.41) is 11.4. The van der Waals surface area contributed by atoms with Gasteiger partial charge in [-0.15, -0.1) is 0 Å². The standard InChI is InChI=1S/C32H30N2O10/c1-20-18-34(32(40)33-27(20)36)28(41-2)26(44-31(39)23-16-10-5-11-17-23)25(43-30(38)22-14-8-4-9-15-22)24(35)19-42-29(37)21-12-6-3-7-13-21/h3-18,24-26,28,35H,19H2,1-2H3,(H,33,36,40)/t24-,25+,26-,28?/m0/s1. The molecule has 1 unspecified atom stereocenters. The fourth-order valence-electron chi connectivity index (χ4n) is 4.28. The molecule has 0 aliphatic carbocycles. The Morgan fingerprint density at radius 1 is 0.750 bits per heavy atom. The summed E-state index contributed by atoms with van der Waals surface area (Å²) in [5.41, 5.74) is -1.05. The predicted octanol–water partition coefficient (Wildman–Crippen LogP) is 2.66. The number of nitrogens with one attached hydrogen (secondary N) is 1. The van der Waals surface area contributed by atoms with E-state index in [2.05, 4.69) is 4.98 Å². The minimum absolute atomic E-state index is 0.102. The molecule has 228 valence electrons. The zero-order valence-corrected chi connectivity index (χ0v) is 23.8. The quantitative estimate of drug-likeness (QED) is 0.182. The van der Waals surface area contributed by atoms with E-state index in [4.69, 9.17) is 18.9 Å². The SMILES string of the molecule is COC([C@@H](OC(=O)c1ccccc1)[C@H](OC(=O)c1ccccc1)[C@@H](O)COC(=O)c1ccccc1)n1cc(C)c(=O)[nH]c1=O. The van der Waals surface area contributed by atoms with Gasteiger partial charge in [0, 0.05) is 18.9 Å². The van der Waals surface area contributed by atoms with Crippen LogP contribution >= 0.6 is 0 Å². The molecule has 0 radical (unpaired) electrons. The van der Waals surface area contributed by atoms with Gasteiger partial charge in [0.2, 0.25) is 0 Å². The Hall–Kier alpha value is -5.33. The van der Waals surface area contributed by atoms with Crippen molar-refractivity contribution in [1.82, 2.24) is 9.55 Å². The highest BCUT2D eigenvalue weighted by molar-refractivity contribution is 5.90. The fraction of sp³-hybridized carbons (Fsp3) is 0.219. The van der Waals surface area contributed by atoms with Gasteiger partial charge in [0.05, 0.1) is 16.7 Å². The molecular weight excluding hydrogens is 572 g/mol. The van der Waals surface area contributed by atoms with E-state index in [-0.39, 0.29) is 22.3 Å². The van der Waals surface area contributed by atoms with Crippen molar-refractivity contribution >= 4 is 17.9 Å². The first kappa shape index (κ1) is 31.6. The van der Waals surface area contributed by atoms with Crippen molar-refractivity contribution in [2.24, 2.45) is 0 Å². The topological polar surface area (TPSA) is 163 Å². The number of benzene rings is 3. The van der Waals surface area contributed by atoms with Crippen LogP contribution in [0.3, 0.4) is 0 Å². The fourth-order valence-corrected chi connectivity index (χ4v) is 4.28. The molecule has 44 heavy (non-hydrogen) atoms. The number of nitrogens with zero attached hydrogens (tertiary/aromatic N) is 1. The van der Waals surface area contributed by atoms with Crippen LogP contribution in [0.25, 0.3) is 0 Å². The average molecular weight is 603 g/mol. The number of aryl methyl sites for hydroxylation is 1. The van der Waals surface area contributed by atoms with Gasteiger partial charge in [-0.3, -0.25) is 14.3 Å². The second kappa shape index (κ2) is 14.7. The maximum absolute atomic E-state index is 13.3. The van der Waals surface area contributed by atoms with Crippen LogP contribution in [0.2, 0.25) is 0 Å². The number of rotatable bonds is 12. The van der Waals surface area contributed by atoms with Gasteiger partial charge in [0.25, 0.3) is 5.56 Å². The summed E-state index contributed by atoms with van der Waals surface area (Å²) in [7, 11) is 1.19. The maximum Gasteiger partial charge on any atom is 0.338 e. The van der Waals surface area contributed by atoms with E-state index in [0.717, 1.165) is 4.57 Å². The number of hydrogen-bond acceptors (Lipinski definition) is 10. The van der Waals surface area contributed by atoms with Gasteiger partial charge in [-0.25, -0.2) is 19.2 Å². The first-order chi connectivity index (χ1) is 21.2. The van der Waals surface area contributed by atoms with Crippen molar-refractivity contribution in [2.45, 2.75) is 31.5 Å². The average Bonchev–Trinajstić information content (AvgIpc) is 3.05. The highest BCUT2D eigenvalue weighted by Crippen LogP contribution is 2.25. The van der Waals surface area contributed by atoms with E-state index in [1.165, 1.54) is 56.6 Å². The Morgan fingerprint density at radius 3 is 1.68 bits per heavy atom. The van der Waals surface area contributed by atoms with Gasteiger partial charge in [0.1, 0.15) is 12.7 Å². The third kappa shape index (κ3) is 7.73. The summed E-state index contributed by atoms with van der Waals surface area (Å²) in [6.45, 7) is 0.743. The second-order valence-corrected chi connectivity index (χ2v) is 9.61. The van der Waals surface area contributed by atoms with Crippen LogP contribution in [-0.2, 0) is 18.9 Å². The smallest absolute Gasteiger partial charge is 0.338 e. The van der Waals surface area contributed by atoms with Crippen molar-refractivity contribution in [3.05, 3.63) is 140 Å². The molecule has 12 heteroatoms. The zero-order chi connectivity index (χ0) is 31.6. The zero-order valence-electron chi connectivity index (χ0n) is 23.8. The van der Waals surface area contributed by atoms with E-state index in [1.807, 2.05) is 0 Å². The molecule has 0 aliphatic heterocycles. The van der Waals surface area contributed by atoms with Crippen LogP contribution in [0, 0.1) is 6.92 Å². The summed E-state index contributed by atoms with van der Waals surface area (Å²) < 4.78 is 23.3. The van der Waals surface area contributed by atoms with Crippen LogP contribution in [0.15, 0.2) is 107 Å². The van der Waals surface area contributed by atoms with E-state index < -0.39 is 60.3 Å². The molecule has 2 N–H and O–H groups in total. The summed E-state index contributed by atoms with van der Waals surface area (Å²) in [5.74, 6) is -2.59. The number of hydrogen-bond donors (Lipinski definition) is 2. The minimum Gasteiger partial charge on any atom is -0.459 e. The molecule has 3 aromatic carbocycles. The molecule has 4 aromatic rings. The maximum atomic E-state index is 13.3. The molecule has 0 aliphatic rings. The summed E-state index contributed by atoms with van der Waals surface area (Å²) >= 11 is 0. The third-order valence-electron chi connectivity index (χ3n) is 6.55. The molecule has 4 atom stereocenters. The predicted molar refractivity (Wildman–Crippen MR) is 156 cm³/mol. The number of aliphatic hydroxyl groups is 1. The number of H-pyrrole nitrogens is 1. The van der Waals surface area contributed by atoms with Gasteiger partial charge in [-0.05, 0) is 43.3 Å². The Morgan fingerprint density at radius 2 is 1.20 bits per heavy atom. The number of methoxy groups -OCH3 is 1. The van der Waals surface area contributed by atoms with Crippen LogP contribution in [0.4, 0.5) is 0 Å². The lowest BCUT2D eigenvalue weighted by Gasteiger charge is -2.35. The molecule has 0 saturated heterocycles. The molecule has 0 bridgehead atoms. The van der Waals surface area contributed by atoms with Gasteiger partial charge in [-0.2, -0.15) is 0 Å². The Bertz CT molecular complexity index is 1690. The van der Waals surface area contributed by atoms with Crippen molar-refractivity contribution in [1.29, 1.82) is 0 Å². The normalized spacial score (nSPS) is 13.6. The first-order valence-electron chi connectivity index (χ1n) is 13.5. The van der Waals surface area contributed by atoms with Gasteiger partial charge < -0.3 is 24.1 Å². The van der Waals surface area contributed by atoms with Gasteiger partial charge in [-0.1, -0.05) is 54.6 Å². The number of aromatic amines is 1.